The van der Waals surface area contributed by atoms with Crippen molar-refractivity contribution in [1.29, 1.82) is 10.7 Å². The Labute approximate surface area is 234 Å². The molecule has 1 saturated heterocycles. The standard InChI is InChI=1S/C30H35N7O3/c1-19(38)34-29-6-5-22(17-33-29)25-14-21-4-3-10-37(28(21)15-23(25)16-31)30(32)26-18-36(20(2)39)11-7-27(26)35-24-8-12-40-13-9-24/h5-6,14-15,17,24,32,35H,3-4,7-13,18H2,1-2H3,(H,33,34,38). The summed E-state index contributed by atoms with van der Waals surface area (Å²) in [5, 5.41) is 25.8. The second-order valence-corrected chi connectivity index (χ2v) is 10.5. The molecule has 208 valence electrons. The number of hydrogen-bond donors (Lipinski definition) is 3. The van der Waals surface area contributed by atoms with Crippen LogP contribution in [0.4, 0.5) is 11.5 Å². The van der Waals surface area contributed by atoms with Gasteiger partial charge in [0.2, 0.25) is 11.8 Å². The normalized spacial score (nSPS) is 17.6. The highest BCUT2D eigenvalue weighted by atomic mass is 16.5. The molecule has 10 nitrogen and oxygen atoms in total. The van der Waals surface area contributed by atoms with Crippen LogP contribution in [0.5, 0.6) is 0 Å². The summed E-state index contributed by atoms with van der Waals surface area (Å²) < 4.78 is 5.52. The second-order valence-electron chi connectivity index (χ2n) is 10.5. The van der Waals surface area contributed by atoms with E-state index in [4.69, 9.17) is 4.74 Å². The van der Waals surface area contributed by atoms with Crippen LogP contribution in [0.1, 0.15) is 50.7 Å². The Bertz CT molecular complexity index is 1390. The first-order valence-electron chi connectivity index (χ1n) is 13.8. The molecular formula is C30H35N7O3. The fourth-order valence-electron chi connectivity index (χ4n) is 5.66. The predicted octanol–water partition coefficient (Wildman–Crippen LogP) is 3.58. The largest absolute Gasteiger partial charge is 0.385 e. The highest BCUT2D eigenvalue weighted by Crippen LogP contribution is 2.36. The van der Waals surface area contributed by atoms with Crippen molar-refractivity contribution in [3.63, 3.8) is 0 Å². The maximum Gasteiger partial charge on any atom is 0.222 e. The molecule has 40 heavy (non-hydrogen) atoms. The summed E-state index contributed by atoms with van der Waals surface area (Å²) in [4.78, 5) is 31.8. The number of fused-ring (bicyclic) bond motifs is 1. The van der Waals surface area contributed by atoms with Gasteiger partial charge in [-0.1, -0.05) is 0 Å². The number of nitriles is 1. The summed E-state index contributed by atoms with van der Waals surface area (Å²) >= 11 is 0. The van der Waals surface area contributed by atoms with Crippen molar-refractivity contribution in [3.8, 4) is 17.2 Å². The minimum atomic E-state index is -0.195. The van der Waals surface area contributed by atoms with Gasteiger partial charge in [-0.3, -0.25) is 15.0 Å². The third-order valence-electron chi connectivity index (χ3n) is 7.78. The molecule has 4 heterocycles. The van der Waals surface area contributed by atoms with Crippen molar-refractivity contribution in [1.82, 2.24) is 15.2 Å². The number of nitrogens with one attached hydrogen (secondary N) is 3. The van der Waals surface area contributed by atoms with E-state index in [1.807, 2.05) is 23.1 Å². The lowest BCUT2D eigenvalue weighted by atomic mass is 9.92. The van der Waals surface area contributed by atoms with Crippen molar-refractivity contribution >= 4 is 29.2 Å². The lowest BCUT2D eigenvalue weighted by molar-refractivity contribution is -0.128. The topological polar surface area (TPSA) is 134 Å². The Hall–Kier alpha value is -4.23. The Morgan fingerprint density at radius 2 is 1.95 bits per heavy atom. The number of aryl methyl sites for hydroxylation is 1. The first-order valence-corrected chi connectivity index (χ1v) is 13.8. The molecule has 3 aliphatic heterocycles. The molecule has 3 N–H and O–H groups in total. The molecule has 0 spiro atoms. The van der Waals surface area contributed by atoms with Gasteiger partial charge < -0.3 is 25.2 Å². The van der Waals surface area contributed by atoms with Gasteiger partial charge in [-0.05, 0) is 55.5 Å². The van der Waals surface area contributed by atoms with E-state index in [2.05, 4.69) is 21.7 Å². The van der Waals surface area contributed by atoms with Crippen LogP contribution in [0.15, 0.2) is 41.7 Å². The minimum Gasteiger partial charge on any atom is -0.385 e. The molecular weight excluding hydrogens is 506 g/mol. The van der Waals surface area contributed by atoms with Gasteiger partial charge in [0, 0.05) is 86.9 Å². The van der Waals surface area contributed by atoms with Crippen LogP contribution >= 0.6 is 0 Å². The third-order valence-corrected chi connectivity index (χ3v) is 7.78. The summed E-state index contributed by atoms with van der Waals surface area (Å²) in [7, 11) is 0. The number of nitrogens with zero attached hydrogens (tertiary/aromatic N) is 4. The third kappa shape index (κ3) is 5.84. The predicted molar refractivity (Wildman–Crippen MR) is 153 cm³/mol. The first-order chi connectivity index (χ1) is 19.3. The smallest absolute Gasteiger partial charge is 0.222 e. The summed E-state index contributed by atoms with van der Waals surface area (Å²) in [5.74, 6) is 0.640. The SMILES string of the molecule is CC(=O)Nc1ccc(-c2cc3c(cc2C#N)N(C(=N)C2=C(NC4CCOCC4)CCN(C(C)=O)C2)CCC3)cn1. The van der Waals surface area contributed by atoms with E-state index in [-0.39, 0.29) is 11.8 Å². The Morgan fingerprint density at radius 1 is 1.15 bits per heavy atom. The average molecular weight is 542 g/mol. The van der Waals surface area contributed by atoms with E-state index >= 15 is 0 Å². The second kappa shape index (κ2) is 11.9. The number of amides is 2. The number of hydrogen-bond acceptors (Lipinski definition) is 7. The van der Waals surface area contributed by atoms with Crippen molar-refractivity contribution in [2.75, 3.05) is 43.1 Å². The number of carbonyl (C=O) groups is 2. The van der Waals surface area contributed by atoms with Crippen LogP contribution < -0.4 is 15.5 Å². The van der Waals surface area contributed by atoms with Gasteiger partial charge in [0.1, 0.15) is 11.7 Å². The number of pyridine rings is 1. The molecule has 10 heteroatoms. The van der Waals surface area contributed by atoms with Gasteiger partial charge in [0.15, 0.2) is 0 Å². The van der Waals surface area contributed by atoms with Gasteiger partial charge in [-0.15, -0.1) is 0 Å². The zero-order chi connectivity index (χ0) is 28.2. The fourth-order valence-corrected chi connectivity index (χ4v) is 5.66. The minimum absolute atomic E-state index is 0.00370. The molecule has 2 aromatic rings. The number of ether oxygens (including phenoxy) is 1. The molecule has 1 aromatic carbocycles. The Morgan fingerprint density at radius 3 is 2.62 bits per heavy atom. The van der Waals surface area contributed by atoms with E-state index < -0.39 is 0 Å². The highest BCUT2D eigenvalue weighted by molar-refractivity contribution is 6.09. The van der Waals surface area contributed by atoms with Crippen LogP contribution in [-0.4, -0.2) is 66.4 Å². The lowest BCUT2D eigenvalue weighted by Crippen LogP contribution is -2.46. The van der Waals surface area contributed by atoms with E-state index in [1.54, 1.807) is 24.1 Å². The zero-order valence-electron chi connectivity index (χ0n) is 23.0. The van der Waals surface area contributed by atoms with Crippen LogP contribution in [0.25, 0.3) is 11.1 Å². The Kier molecular flexibility index (Phi) is 8.12. The van der Waals surface area contributed by atoms with Crippen LogP contribution in [0.2, 0.25) is 0 Å². The van der Waals surface area contributed by atoms with Gasteiger partial charge in [0.05, 0.1) is 18.2 Å². The van der Waals surface area contributed by atoms with Gasteiger partial charge in [-0.25, -0.2) is 4.98 Å². The molecule has 1 aromatic heterocycles. The molecule has 5 rings (SSSR count). The van der Waals surface area contributed by atoms with Gasteiger partial charge in [0.25, 0.3) is 0 Å². The average Bonchev–Trinajstić information content (AvgIpc) is 2.96. The maximum absolute atomic E-state index is 12.3. The summed E-state index contributed by atoms with van der Waals surface area (Å²) in [6, 6.07) is 10.1. The van der Waals surface area contributed by atoms with Crippen molar-refractivity contribution < 1.29 is 14.3 Å². The van der Waals surface area contributed by atoms with Crippen LogP contribution in [-0.2, 0) is 20.7 Å². The zero-order valence-corrected chi connectivity index (χ0v) is 23.0. The fraction of sp³-hybridized carbons (Fsp3) is 0.433. The molecule has 0 bridgehead atoms. The molecule has 0 aliphatic carbocycles. The lowest BCUT2D eigenvalue weighted by Gasteiger charge is -2.38. The van der Waals surface area contributed by atoms with Crippen LogP contribution in [0.3, 0.4) is 0 Å². The van der Waals surface area contributed by atoms with E-state index in [9.17, 15) is 20.3 Å². The number of rotatable bonds is 5. The van der Waals surface area contributed by atoms with Crippen molar-refractivity contribution in [2.45, 2.75) is 52.0 Å². The summed E-state index contributed by atoms with van der Waals surface area (Å²) in [6.07, 6.45) is 5.88. The highest BCUT2D eigenvalue weighted by Gasteiger charge is 2.30. The molecule has 0 unspecified atom stereocenters. The van der Waals surface area contributed by atoms with E-state index in [0.29, 0.717) is 49.3 Å². The molecule has 0 radical (unpaired) electrons. The monoisotopic (exact) mass is 541 g/mol. The first kappa shape index (κ1) is 27.3. The summed E-state index contributed by atoms with van der Waals surface area (Å²) in [5.41, 5.74) is 5.85. The summed E-state index contributed by atoms with van der Waals surface area (Å²) in [6.45, 7) is 6.14. The molecule has 0 atom stereocenters. The van der Waals surface area contributed by atoms with Gasteiger partial charge in [-0.2, -0.15) is 5.26 Å². The Balaban J connectivity index is 1.47. The van der Waals surface area contributed by atoms with Crippen molar-refractivity contribution in [2.24, 2.45) is 0 Å². The van der Waals surface area contributed by atoms with Crippen molar-refractivity contribution in [3.05, 3.63) is 52.9 Å². The molecule has 2 amide bonds. The number of carbonyl (C=O) groups excluding carboxylic acids is 2. The van der Waals surface area contributed by atoms with E-state index in [0.717, 1.165) is 72.5 Å². The number of benzene rings is 1. The molecule has 0 saturated carbocycles. The molecule has 3 aliphatic rings. The van der Waals surface area contributed by atoms with E-state index in [1.165, 1.54) is 6.92 Å². The molecule has 1 fully saturated rings. The number of aromatic nitrogens is 1. The number of amidine groups is 1. The van der Waals surface area contributed by atoms with Crippen LogP contribution in [0, 0.1) is 16.7 Å². The maximum atomic E-state index is 12.3. The van der Waals surface area contributed by atoms with Gasteiger partial charge >= 0.3 is 0 Å². The quantitative estimate of drug-likeness (QED) is 0.389. The number of anilines is 2.